The van der Waals surface area contributed by atoms with Crippen LogP contribution in [0.1, 0.15) is 0 Å². The molecule has 6 nitrogen and oxygen atoms in total. The molecule has 0 bridgehead atoms. The molecule has 322 valence electrons. The topological polar surface area (TPSA) is 61.7 Å². The molecule has 0 N–H and O–H groups in total. The summed E-state index contributed by atoms with van der Waals surface area (Å²) in [5, 5.41) is 6.73. The van der Waals surface area contributed by atoms with Gasteiger partial charge >= 0.3 is 0 Å². The van der Waals surface area contributed by atoms with Crippen molar-refractivity contribution in [1.82, 2.24) is 24.1 Å². The Balaban J connectivity index is 0.987. The monoisotopic (exact) mass is 881 g/mol. The lowest BCUT2D eigenvalue weighted by molar-refractivity contribution is 0.673. The Hall–Kier alpha value is -9.39. The van der Waals surface area contributed by atoms with Crippen LogP contribution >= 0.6 is 0 Å². The first-order chi connectivity index (χ1) is 34.2. The van der Waals surface area contributed by atoms with Gasteiger partial charge in [-0.3, -0.25) is 0 Å². The van der Waals surface area contributed by atoms with E-state index in [2.05, 4.69) is 234 Å². The molecule has 0 saturated heterocycles. The fraction of sp³-hybridized carbons (Fsp3) is 0. The molecule has 0 atom stereocenters. The minimum atomic E-state index is 0.581. The highest BCUT2D eigenvalue weighted by Gasteiger charge is 2.23. The number of hydrogen-bond donors (Lipinski definition) is 0. The summed E-state index contributed by atoms with van der Waals surface area (Å²) in [7, 11) is 0. The van der Waals surface area contributed by atoms with E-state index in [-0.39, 0.29) is 0 Å². The van der Waals surface area contributed by atoms with Crippen LogP contribution in [0.25, 0.3) is 133 Å². The maximum Gasteiger partial charge on any atom is 0.164 e. The lowest BCUT2D eigenvalue weighted by Crippen LogP contribution is -2.01. The average molecular weight is 882 g/mol. The Morgan fingerprint density at radius 2 is 0.623 bits per heavy atom. The molecular formula is C63H39N5O. The zero-order chi connectivity index (χ0) is 45.4. The third-order valence-corrected chi connectivity index (χ3v) is 13.5. The molecule has 14 aromatic rings. The Morgan fingerprint density at radius 1 is 0.261 bits per heavy atom. The van der Waals surface area contributed by atoms with Crippen molar-refractivity contribution in [1.29, 1.82) is 0 Å². The average Bonchev–Trinajstić information content (AvgIpc) is 4.10. The van der Waals surface area contributed by atoms with Crippen LogP contribution < -0.4 is 0 Å². The fourth-order valence-electron chi connectivity index (χ4n) is 10.4. The van der Waals surface area contributed by atoms with Crippen molar-refractivity contribution in [2.45, 2.75) is 0 Å². The second kappa shape index (κ2) is 15.6. The number of para-hydroxylation sites is 3. The highest BCUT2D eigenvalue weighted by atomic mass is 16.3. The third-order valence-electron chi connectivity index (χ3n) is 13.5. The summed E-state index contributed by atoms with van der Waals surface area (Å²) >= 11 is 0. The summed E-state index contributed by atoms with van der Waals surface area (Å²) in [6.07, 6.45) is 0. The minimum Gasteiger partial charge on any atom is -0.452 e. The van der Waals surface area contributed by atoms with Crippen LogP contribution in [0.15, 0.2) is 241 Å². The number of rotatable bonds is 7. The van der Waals surface area contributed by atoms with Crippen LogP contribution in [0.3, 0.4) is 0 Å². The van der Waals surface area contributed by atoms with Gasteiger partial charge in [0.05, 0.1) is 22.1 Å². The Kier molecular flexibility index (Phi) is 8.79. The van der Waals surface area contributed by atoms with Gasteiger partial charge in [-0.2, -0.15) is 0 Å². The molecule has 4 aromatic heterocycles. The summed E-state index contributed by atoms with van der Waals surface area (Å²) in [6, 6.07) is 83.1. The highest BCUT2D eigenvalue weighted by molar-refractivity contribution is 6.26. The van der Waals surface area contributed by atoms with Gasteiger partial charge in [-0.15, -0.1) is 0 Å². The zero-order valence-corrected chi connectivity index (χ0v) is 37.2. The molecule has 4 heterocycles. The first kappa shape index (κ1) is 38.8. The van der Waals surface area contributed by atoms with E-state index in [0.29, 0.717) is 17.5 Å². The maximum absolute atomic E-state index is 7.32. The fourth-order valence-corrected chi connectivity index (χ4v) is 10.4. The van der Waals surface area contributed by atoms with Gasteiger partial charge in [0.2, 0.25) is 0 Å². The Labute approximate surface area is 396 Å². The second-order valence-corrected chi connectivity index (χ2v) is 17.6. The van der Waals surface area contributed by atoms with Crippen molar-refractivity contribution in [3.8, 4) is 67.8 Å². The van der Waals surface area contributed by atoms with Gasteiger partial charge in [-0.1, -0.05) is 176 Å². The standard InChI is InChI=1S/C63H39N5O/c1-4-17-40(18-5-1)42-21-14-23-44(37-42)61-64-62(45-24-15-22-43(38-45)41-19-6-2-7-20-41)66-63(65-61)46-25-16-28-48(39-46)68-56-32-13-11-30-50(56)52-34-36-54-53-35-33-51-49-29-10-12-31-55(49)67(47-26-8-3-9-27-47)57(51)59(53)69-60(54)58(52)68/h1-39H. The lowest BCUT2D eigenvalue weighted by atomic mass is 10.0. The van der Waals surface area contributed by atoms with E-state index in [1.165, 1.54) is 5.39 Å². The molecule has 0 aliphatic carbocycles. The molecule has 0 saturated carbocycles. The van der Waals surface area contributed by atoms with Gasteiger partial charge in [0.15, 0.2) is 28.6 Å². The molecule has 10 aromatic carbocycles. The van der Waals surface area contributed by atoms with Crippen molar-refractivity contribution in [3.63, 3.8) is 0 Å². The summed E-state index contributed by atoms with van der Waals surface area (Å²) in [5.74, 6) is 1.78. The van der Waals surface area contributed by atoms with Gasteiger partial charge in [-0.05, 0) is 82.9 Å². The van der Waals surface area contributed by atoms with Crippen LogP contribution in [0.5, 0.6) is 0 Å². The smallest absolute Gasteiger partial charge is 0.164 e. The largest absolute Gasteiger partial charge is 0.452 e. The van der Waals surface area contributed by atoms with E-state index in [1.54, 1.807) is 0 Å². The predicted molar refractivity (Wildman–Crippen MR) is 283 cm³/mol. The van der Waals surface area contributed by atoms with Crippen LogP contribution in [0.4, 0.5) is 0 Å². The zero-order valence-electron chi connectivity index (χ0n) is 37.2. The Bertz CT molecular complexity index is 4200. The SMILES string of the molecule is c1ccc(-c2cccc(-c3nc(-c4cccc(-c5ccccc5)c4)nc(-c4cccc(-n5c6ccccc6c6ccc7c8ccc9c%10ccccc%10n(-c%10ccccc%10)c9c8oc7c65)c4)n3)c2)cc1. The van der Waals surface area contributed by atoms with E-state index in [0.717, 1.165) is 110 Å². The second-order valence-electron chi connectivity index (χ2n) is 17.6. The van der Waals surface area contributed by atoms with Crippen LogP contribution in [0.2, 0.25) is 0 Å². The third kappa shape index (κ3) is 6.30. The minimum absolute atomic E-state index is 0.581. The molecule has 69 heavy (non-hydrogen) atoms. The van der Waals surface area contributed by atoms with E-state index in [4.69, 9.17) is 19.4 Å². The number of aromatic nitrogens is 5. The lowest BCUT2D eigenvalue weighted by Gasteiger charge is -2.12. The molecule has 6 heteroatoms. The number of hydrogen-bond acceptors (Lipinski definition) is 4. The number of nitrogens with zero attached hydrogens (tertiary/aromatic N) is 5. The van der Waals surface area contributed by atoms with Crippen molar-refractivity contribution in [2.24, 2.45) is 0 Å². The summed E-state index contributed by atoms with van der Waals surface area (Å²) in [6.45, 7) is 0. The normalized spacial score (nSPS) is 11.8. The molecule has 14 rings (SSSR count). The predicted octanol–water partition coefficient (Wildman–Crippen LogP) is 16.3. The number of fused-ring (bicyclic) bond motifs is 11. The molecule has 0 spiro atoms. The van der Waals surface area contributed by atoms with Crippen molar-refractivity contribution < 1.29 is 4.42 Å². The van der Waals surface area contributed by atoms with E-state index in [1.807, 2.05) is 12.1 Å². The van der Waals surface area contributed by atoms with E-state index in [9.17, 15) is 0 Å². The number of furan rings is 1. The van der Waals surface area contributed by atoms with Crippen molar-refractivity contribution >= 4 is 65.6 Å². The Morgan fingerprint density at radius 3 is 1.13 bits per heavy atom. The van der Waals surface area contributed by atoms with Gasteiger partial charge < -0.3 is 13.6 Å². The summed E-state index contributed by atoms with van der Waals surface area (Å²) < 4.78 is 12.0. The summed E-state index contributed by atoms with van der Waals surface area (Å²) in [5.41, 5.74) is 15.2. The van der Waals surface area contributed by atoms with Gasteiger partial charge in [0.1, 0.15) is 0 Å². The van der Waals surface area contributed by atoms with Gasteiger partial charge in [-0.25, -0.2) is 15.0 Å². The van der Waals surface area contributed by atoms with Crippen molar-refractivity contribution in [2.75, 3.05) is 0 Å². The first-order valence-corrected chi connectivity index (χ1v) is 23.3. The molecule has 0 amide bonds. The molecule has 0 unspecified atom stereocenters. The van der Waals surface area contributed by atoms with Gasteiger partial charge in [0.25, 0.3) is 0 Å². The molecule has 0 radical (unpaired) electrons. The molecule has 0 aliphatic heterocycles. The van der Waals surface area contributed by atoms with Crippen LogP contribution in [-0.2, 0) is 0 Å². The molecule has 0 fully saturated rings. The first-order valence-electron chi connectivity index (χ1n) is 23.3. The van der Waals surface area contributed by atoms with Crippen LogP contribution in [-0.4, -0.2) is 24.1 Å². The van der Waals surface area contributed by atoms with Crippen molar-refractivity contribution in [3.05, 3.63) is 237 Å². The van der Waals surface area contributed by atoms with Crippen LogP contribution in [0, 0.1) is 0 Å². The maximum atomic E-state index is 7.32. The van der Waals surface area contributed by atoms with Gasteiger partial charge in [0, 0.05) is 60.4 Å². The highest BCUT2D eigenvalue weighted by Crippen LogP contribution is 2.44. The molecular weight excluding hydrogens is 843 g/mol. The quantitative estimate of drug-likeness (QED) is 0.160. The number of benzene rings is 10. The molecule has 0 aliphatic rings. The summed E-state index contributed by atoms with van der Waals surface area (Å²) in [4.78, 5) is 15.7. The van der Waals surface area contributed by atoms with E-state index >= 15 is 0 Å². The van der Waals surface area contributed by atoms with E-state index < -0.39 is 0 Å².